The quantitative estimate of drug-likeness (QED) is 0.326. The number of rotatable bonds is 7. The SMILES string of the molecule is [C-]#[N+]C(Cc1ccc(OC)cc1)(C(=C)[NH+]=C)[C@H]1C[C@@H](O)C=C[C@@H]1OC(C)=O. The van der Waals surface area contributed by atoms with E-state index in [1.165, 1.54) is 6.92 Å². The van der Waals surface area contributed by atoms with Crippen molar-refractivity contribution in [1.82, 2.24) is 0 Å². The number of benzene rings is 1. The van der Waals surface area contributed by atoms with Gasteiger partial charge in [-0.2, -0.15) is 0 Å². The van der Waals surface area contributed by atoms with Crippen LogP contribution in [0.3, 0.4) is 0 Å². The summed E-state index contributed by atoms with van der Waals surface area (Å²) < 4.78 is 10.6. The molecule has 4 atom stereocenters. The molecule has 1 unspecified atom stereocenters. The Morgan fingerprint density at radius 2 is 2.07 bits per heavy atom. The Morgan fingerprint density at radius 1 is 1.41 bits per heavy atom. The highest BCUT2D eigenvalue weighted by molar-refractivity contribution is 5.66. The molecule has 0 amide bonds. The van der Waals surface area contributed by atoms with Crippen molar-refractivity contribution >= 4 is 12.7 Å². The maximum absolute atomic E-state index is 11.6. The van der Waals surface area contributed by atoms with E-state index in [-0.39, 0.29) is 6.42 Å². The zero-order valence-corrected chi connectivity index (χ0v) is 15.6. The minimum Gasteiger partial charge on any atom is -0.497 e. The first-order valence-corrected chi connectivity index (χ1v) is 8.64. The van der Waals surface area contributed by atoms with Crippen LogP contribution in [0.15, 0.2) is 48.7 Å². The molecule has 6 nitrogen and oxygen atoms in total. The summed E-state index contributed by atoms with van der Waals surface area (Å²) in [6.45, 7) is 17.0. The molecule has 0 saturated heterocycles. The third kappa shape index (κ3) is 4.44. The van der Waals surface area contributed by atoms with Crippen LogP contribution in [-0.4, -0.2) is 42.7 Å². The van der Waals surface area contributed by atoms with Gasteiger partial charge in [0.15, 0.2) is 0 Å². The first-order chi connectivity index (χ1) is 12.9. The lowest BCUT2D eigenvalue weighted by Gasteiger charge is -2.35. The van der Waals surface area contributed by atoms with Gasteiger partial charge in [0.05, 0.1) is 25.6 Å². The fraction of sp³-hybridized carbons (Fsp3) is 0.381. The van der Waals surface area contributed by atoms with E-state index in [9.17, 15) is 9.90 Å². The molecule has 6 heteroatoms. The summed E-state index contributed by atoms with van der Waals surface area (Å²) in [5, 5.41) is 10.2. The molecule has 1 aliphatic rings. The van der Waals surface area contributed by atoms with Crippen LogP contribution >= 0.6 is 0 Å². The minimum atomic E-state index is -1.15. The van der Waals surface area contributed by atoms with Crippen LogP contribution in [-0.2, 0) is 16.0 Å². The average Bonchev–Trinajstić information content (AvgIpc) is 2.67. The lowest BCUT2D eigenvalue weighted by atomic mass is 9.70. The third-order valence-corrected chi connectivity index (χ3v) is 4.90. The molecule has 2 rings (SSSR count). The lowest BCUT2D eigenvalue weighted by molar-refractivity contribution is -0.398. The Bertz CT molecular complexity index is 778. The van der Waals surface area contributed by atoms with Crippen molar-refractivity contribution in [3.8, 4) is 5.75 Å². The van der Waals surface area contributed by atoms with Crippen molar-refractivity contribution in [3.63, 3.8) is 0 Å². The monoisotopic (exact) mass is 369 g/mol. The summed E-state index contributed by atoms with van der Waals surface area (Å²) in [4.78, 5) is 18.2. The van der Waals surface area contributed by atoms with Gasteiger partial charge in [-0.15, -0.1) is 0 Å². The van der Waals surface area contributed by atoms with Crippen LogP contribution in [0, 0.1) is 12.5 Å². The molecule has 2 N–H and O–H groups in total. The summed E-state index contributed by atoms with van der Waals surface area (Å²) in [6.07, 6.45) is 2.47. The molecular weight excluding hydrogens is 344 g/mol. The summed E-state index contributed by atoms with van der Waals surface area (Å²) in [5.74, 6) is -0.208. The van der Waals surface area contributed by atoms with Gasteiger partial charge in [0.1, 0.15) is 18.6 Å². The number of hydrogen-bond acceptors (Lipinski definition) is 4. The molecule has 0 spiro atoms. The van der Waals surface area contributed by atoms with Gasteiger partial charge in [-0.25, -0.2) is 11.6 Å². The van der Waals surface area contributed by atoms with Crippen LogP contribution in [0.25, 0.3) is 4.85 Å². The molecule has 0 radical (unpaired) electrons. The van der Waals surface area contributed by atoms with Crippen LogP contribution < -0.4 is 9.73 Å². The van der Waals surface area contributed by atoms with Crippen molar-refractivity contribution < 1.29 is 24.4 Å². The number of hydrogen-bond donors (Lipinski definition) is 2. The second-order valence-electron chi connectivity index (χ2n) is 6.58. The van der Waals surface area contributed by atoms with E-state index >= 15 is 0 Å². The van der Waals surface area contributed by atoms with E-state index in [1.54, 1.807) is 19.3 Å². The van der Waals surface area contributed by atoms with E-state index in [2.05, 4.69) is 23.1 Å². The Kier molecular flexibility index (Phi) is 6.54. The number of aliphatic hydroxyl groups is 1. The highest BCUT2D eigenvalue weighted by Crippen LogP contribution is 2.40. The average molecular weight is 369 g/mol. The maximum Gasteiger partial charge on any atom is 0.323 e. The molecule has 0 aromatic heterocycles. The maximum atomic E-state index is 11.6. The number of esters is 1. The number of carbonyl (C=O) groups is 1. The first-order valence-electron chi connectivity index (χ1n) is 8.64. The van der Waals surface area contributed by atoms with E-state index < -0.39 is 29.6 Å². The number of carbonyl (C=O) groups excluding carboxylic acids is 1. The molecule has 0 heterocycles. The van der Waals surface area contributed by atoms with E-state index in [1.807, 2.05) is 24.3 Å². The molecule has 1 aromatic carbocycles. The van der Waals surface area contributed by atoms with Gasteiger partial charge < -0.3 is 14.6 Å². The summed E-state index contributed by atoms with van der Waals surface area (Å²) in [6, 6.07) is 7.41. The zero-order chi connectivity index (χ0) is 20.0. The molecule has 1 aromatic rings. The van der Waals surface area contributed by atoms with Gasteiger partial charge in [0.2, 0.25) is 0 Å². The zero-order valence-electron chi connectivity index (χ0n) is 15.6. The highest BCUT2D eigenvalue weighted by Gasteiger charge is 2.56. The predicted molar refractivity (Wildman–Crippen MR) is 102 cm³/mol. The fourth-order valence-electron chi connectivity index (χ4n) is 3.48. The van der Waals surface area contributed by atoms with E-state index in [0.717, 1.165) is 11.3 Å². The number of nitrogens with one attached hydrogen (secondary N) is 1. The van der Waals surface area contributed by atoms with Crippen molar-refractivity contribution in [1.29, 1.82) is 0 Å². The van der Waals surface area contributed by atoms with Crippen molar-refractivity contribution in [3.05, 3.63) is 65.7 Å². The number of nitrogens with zero attached hydrogens (tertiary/aromatic N) is 1. The molecule has 1 aliphatic carbocycles. The van der Waals surface area contributed by atoms with Crippen molar-refractivity contribution in [2.75, 3.05) is 7.11 Å². The smallest absolute Gasteiger partial charge is 0.323 e. The fourth-order valence-corrected chi connectivity index (χ4v) is 3.48. The molecule has 0 saturated carbocycles. The Labute approximate surface area is 159 Å². The molecule has 142 valence electrons. The molecular formula is C21H25N2O4+. The van der Waals surface area contributed by atoms with Gasteiger partial charge in [-0.3, -0.25) is 9.64 Å². The normalized spacial score (nSPS) is 23.6. The Balaban J connectivity index is 2.49. The number of ether oxygens (including phenoxy) is 2. The predicted octanol–water partition coefficient (Wildman–Crippen LogP) is 1.06. The van der Waals surface area contributed by atoms with Crippen molar-refractivity contribution in [2.24, 2.45) is 5.92 Å². The minimum absolute atomic E-state index is 0.272. The van der Waals surface area contributed by atoms with Gasteiger partial charge in [0, 0.05) is 6.92 Å². The Hall–Kier alpha value is -2.91. The first kappa shape index (κ1) is 20.4. The molecule has 0 aliphatic heterocycles. The van der Waals surface area contributed by atoms with Gasteiger partial charge >= 0.3 is 11.5 Å². The van der Waals surface area contributed by atoms with Gasteiger partial charge in [-0.05, 0) is 36.8 Å². The van der Waals surface area contributed by atoms with Crippen LogP contribution in [0.1, 0.15) is 18.9 Å². The topological polar surface area (TPSA) is 74.1 Å². The molecule has 0 bridgehead atoms. The number of aliphatic hydroxyl groups excluding tert-OH is 1. The standard InChI is InChI=1S/C21H24N2O4/c1-14(22-3)21(23-4,13-16-6-9-18(26-5)10-7-16)19-12-17(25)8-11-20(19)27-15(2)24/h6-11,17,19-20,25H,1,3,12-13H2,2,5H3/p+1/t17-,19-,20-,21?/m0/s1. The van der Waals surface area contributed by atoms with E-state index in [0.29, 0.717) is 12.1 Å². The largest absolute Gasteiger partial charge is 0.497 e. The second kappa shape index (κ2) is 8.65. The molecule has 0 fully saturated rings. The summed E-state index contributed by atoms with van der Waals surface area (Å²) in [5.41, 5.74) is 0.161. The highest BCUT2D eigenvalue weighted by atomic mass is 16.5. The molecule has 27 heavy (non-hydrogen) atoms. The van der Waals surface area contributed by atoms with Crippen LogP contribution in [0.5, 0.6) is 5.75 Å². The van der Waals surface area contributed by atoms with Gasteiger partial charge in [0.25, 0.3) is 5.70 Å². The Morgan fingerprint density at radius 3 is 2.59 bits per heavy atom. The third-order valence-electron chi connectivity index (χ3n) is 4.90. The summed E-state index contributed by atoms with van der Waals surface area (Å²) in [7, 11) is 1.59. The summed E-state index contributed by atoms with van der Waals surface area (Å²) >= 11 is 0. The second-order valence-corrected chi connectivity index (χ2v) is 6.58. The number of methoxy groups -OCH3 is 1. The van der Waals surface area contributed by atoms with Gasteiger partial charge in [-0.1, -0.05) is 18.2 Å². The van der Waals surface area contributed by atoms with Crippen molar-refractivity contribution in [2.45, 2.75) is 37.5 Å². The van der Waals surface area contributed by atoms with Crippen LogP contribution in [0.2, 0.25) is 0 Å². The lowest BCUT2D eigenvalue weighted by Crippen LogP contribution is -2.71. The van der Waals surface area contributed by atoms with E-state index in [4.69, 9.17) is 16.0 Å². The van der Waals surface area contributed by atoms with Crippen LogP contribution in [0.4, 0.5) is 0 Å².